The molecular weight excluding hydrogens is 287 g/mol. The zero-order valence-corrected chi connectivity index (χ0v) is 11.5. The van der Waals surface area contributed by atoms with E-state index in [4.69, 9.17) is 5.11 Å². The van der Waals surface area contributed by atoms with E-state index in [1.807, 2.05) is 0 Å². The Labute approximate surface area is 116 Å². The summed E-state index contributed by atoms with van der Waals surface area (Å²) in [5.74, 6) is -2.02. The minimum Gasteiger partial charge on any atom is -0.478 e. The molecule has 0 spiro atoms. The molecule has 6 nitrogen and oxygen atoms in total. The van der Waals surface area contributed by atoms with Crippen molar-refractivity contribution in [3.05, 3.63) is 29.6 Å². The number of nitrogens with one attached hydrogen (secondary N) is 1. The van der Waals surface area contributed by atoms with Gasteiger partial charge in [-0.3, -0.25) is 4.72 Å². The highest BCUT2D eigenvalue weighted by Crippen LogP contribution is 2.21. The maximum atomic E-state index is 13.2. The number of hydrogen-bond acceptors (Lipinski definition) is 3. The lowest BCUT2D eigenvalue weighted by atomic mass is 10.2. The smallest absolute Gasteiger partial charge is 0.337 e. The molecule has 1 aromatic carbocycles. The molecule has 2 rings (SSSR count). The summed E-state index contributed by atoms with van der Waals surface area (Å²) in [4.78, 5) is 11.0. The molecule has 0 unspecified atom stereocenters. The number of carboxylic acid groups (broad SMARTS) is 1. The second-order valence-corrected chi connectivity index (χ2v) is 6.23. The molecule has 1 saturated heterocycles. The van der Waals surface area contributed by atoms with Crippen molar-refractivity contribution >= 4 is 21.9 Å². The molecule has 1 fully saturated rings. The van der Waals surface area contributed by atoms with E-state index < -0.39 is 22.0 Å². The highest BCUT2D eigenvalue weighted by molar-refractivity contribution is 7.90. The first-order valence-corrected chi connectivity index (χ1v) is 7.65. The average molecular weight is 302 g/mol. The molecule has 1 aliphatic heterocycles. The third-order valence-corrected chi connectivity index (χ3v) is 4.63. The number of nitrogens with zero attached hydrogens (tertiary/aromatic N) is 1. The van der Waals surface area contributed by atoms with Gasteiger partial charge in [0.2, 0.25) is 0 Å². The maximum absolute atomic E-state index is 13.2. The van der Waals surface area contributed by atoms with Gasteiger partial charge in [-0.2, -0.15) is 12.7 Å². The summed E-state index contributed by atoms with van der Waals surface area (Å²) >= 11 is 0. The van der Waals surface area contributed by atoms with Crippen LogP contribution in [0.5, 0.6) is 0 Å². The molecule has 0 aliphatic carbocycles. The van der Waals surface area contributed by atoms with Gasteiger partial charge in [0.25, 0.3) is 0 Å². The molecule has 1 heterocycles. The fraction of sp³-hybridized carbons (Fsp3) is 0.417. The molecule has 110 valence electrons. The third kappa shape index (κ3) is 3.26. The standard InChI is InChI=1S/C12H15FN2O4S/c13-9-4-5-10(12(16)17)11(8-9)14-20(18,19)15-6-2-1-3-7-15/h4-5,8,14H,1-3,6-7H2,(H,16,17). The van der Waals surface area contributed by atoms with Gasteiger partial charge in [0.05, 0.1) is 11.3 Å². The van der Waals surface area contributed by atoms with Crippen LogP contribution in [0, 0.1) is 5.82 Å². The summed E-state index contributed by atoms with van der Waals surface area (Å²) in [6, 6.07) is 2.87. The van der Waals surface area contributed by atoms with E-state index in [0.29, 0.717) is 13.1 Å². The minimum absolute atomic E-state index is 0.261. The monoisotopic (exact) mass is 302 g/mol. The third-order valence-electron chi connectivity index (χ3n) is 3.11. The lowest BCUT2D eigenvalue weighted by Gasteiger charge is -2.26. The van der Waals surface area contributed by atoms with Crippen LogP contribution in [-0.4, -0.2) is 36.9 Å². The van der Waals surface area contributed by atoms with Crippen LogP contribution in [0.4, 0.5) is 10.1 Å². The summed E-state index contributed by atoms with van der Waals surface area (Å²) in [6.07, 6.45) is 2.48. The van der Waals surface area contributed by atoms with E-state index in [9.17, 15) is 17.6 Å². The number of halogens is 1. The molecule has 0 saturated carbocycles. The lowest BCUT2D eigenvalue weighted by molar-refractivity contribution is 0.0698. The predicted molar refractivity (Wildman–Crippen MR) is 71.3 cm³/mol. The van der Waals surface area contributed by atoms with Crippen LogP contribution in [0.25, 0.3) is 0 Å². The summed E-state index contributed by atoms with van der Waals surface area (Å²) in [5.41, 5.74) is -0.546. The summed E-state index contributed by atoms with van der Waals surface area (Å²) in [7, 11) is -3.86. The van der Waals surface area contributed by atoms with Gasteiger partial charge in [0.1, 0.15) is 5.82 Å². The fourth-order valence-electron chi connectivity index (χ4n) is 2.10. The van der Waals surface area contributed by atoms with Crippen LogP contribution in [0.1, 0.15) is 29.6 Å². The Morgan fingerprint density at radius 2 is 1.90 bits per heavy atom. The number of benzene rings is 1. The molecule has 20 heavy (non-hydrogen) atoms. The minimum atomic E-state index is -3.86. The Morgan fingerprint density at radius 3 is 2.50 bits per heavy atom. The Bertz CT molecular complexity index is 612. The Balaban J connectivity index is 2.28. The van der Waals surface area contributed by atoms with Crippen LogP contribution in [0.15, 0.2) is 18.2 Å². The van der Waals surface area contributed by atoms with Crippen LogP contribution in [0.2, 0.25) is 0 Å². The van der Waals surface area contributed by atoms with Gasteiger partial charge in [-0.05, 0) is 31.0 Å². The van der Waals surface area contributed by atoms with Crippen molar-refractivity contribution in [1.82, 2.24) is 4.31 Å². The summed E-state index contributed by atoms with van der Waals surface area (Å²) in [6.45, 7) is 0.764. The molecule has 8 heteroatoms. The van der Waals surface area contributed by atoms with Gasteiger partial charge in [-0.15, -0.1) is 0 Å². The number of anilines is 1. The molecule has 0 aromatic heterocycles. The molecule has 0 atom stereocenters. The van der Waals surface area contributed by atoms with E-state index in [1.54, 1.807) is 0 Å². The quantitative estimate of drug-likeness (QED) is 0.885. The zero-order valence-electron chi connectivity index (χ0n) is 10.7. The van der Waals surface area contributed by atoms with Crippen molar-refractivity contribution in [3.63, 3.8) is 0 Å². The number of rotatable bonds is 4. The van der Waals surface area contributed by atoms with E-state index >= 15 is 0 Å². The van der Waals surface area contributed by atoms with Gasteiger partial charge in [0, 0.05) is 13.1 Å². The van der Waals surface area contributed by atoms with Crippen molar-refractivity contribution < 1.29 is 22.7 Å². The van der Waals surface area contributed by atoms with Crippen LogP contribution in [0.3, 0.4) is 0 Å². The first kappa shape index (κ1) is 14.7. The van der Waals surface area contributed by atoms with E-state index in [-0.39, 0.29) is 11.3 Å². The normalized spacial score (nSPS) is 16.9. The SMILES string of the molecule is O=C(O)c1ccc(F)cc1NS(=O)(=O)N1CCCCC1. The van der Waals surface area contributed by atoms with Crippen LogP contribution < -0.4 is 4.72 Å². The fourth-order valence-corrected chi connectivity index (χ4v) is 3.41. The molecule has 0 radical (unpaired) electrons. The first-order chi connectivity index (χ1) is 9.40. The van der Waals surface area contributed by atoms with Crippen molar-refractivity contribution in [1.29, 1.82) is 0 Å². The maximum Gasteiger partial charge on any atom is 0.337 e. The molecule has 0 bridgehead atoms. The van der Waals surface area contributed by atoms with Gasteiger partial charge < -0.3 is 5.11 Å². The van der Waals surface area contributed by atoms with Crippen LogP contribution in [-0.2, 0) is 10.2 Å². The van der Waals surface area contributed by atoms with E-state index in [1.165, 1.54) is 4.31 Å². The van der Waals surface area contributed by atoms with Crippen molar-refractivity contribution in [2.45, 2.75) is 19.3 Å². The van der Waals surface area contributed by atoms with E-state index in [0.717, 1.165) is 37.5 Å². The predicted octanol–water partition coefficient (Wildman–Crippen LogP) is 1.67. The largest absolute Gasteiger partial charge is 0.478 e. The van der Waals surface area contributed by atoms with Crippen molar-refractivity contribution in [2.24, 2.45) is 0 Å². The molecular formula is C12H15FN2O4S. The number of carboxylic acids is 1. The highest BCUT2D eigenvalue weighted by Gasteiger charge is 2.25. The summed E-state index contributed by atoms with van der Waals surface area (Å²) in [5, 5.41) is 8.99. The molecule has 1 aromatic rings. The molecule has 1 aliphatic rings. The van der Waals surface area contributed by atoms with E-state index in [2.05, 4.69) is 4.72 Å². The highest BCUT2D eigenvalue weighted by atomic mass is 32.2. The van der Waals surface area contributed by atoms with Gasteiger partial charge in [0.15, 0.2) is 0 Å². The number of piperidine rings is 1. The topological polar surface area (TPSA) is 86.7 Å². The second-order valence-electron chi connectivity index (χ2n) is 4.56. The number of carbonyl (C=O) groups is 1. The Morgan fingerprint density at radius 1 is 1.25 bits per heavy atom. The Kier molecular flexibility index (Phi) is 4.24. The van der Waals surface area contributed by atoms with Crippen molar-refractivity contribution in [2.75, 3.05) is 17.8 Å². The van der Waals surface area contributed by atoms with Crippen LogP contribution >= 0.6 is 0 Å². The zero-order chi connectivity index (χ0) is 14.8. The number of hydrogen-bond donors (Lipinski definition) is 2. The number of aromatic carboxylic acids is 1. The Hall–Kier alpha value is -1.67. The lowest BCUT2D eigenvalue weighted by Crippen LogP contribution is -2.39. The second kappa shape index (κ2) is 5.76. The van der Waals surface area contributed by atoms with Gasteiger partial charge in [-0.25, -0.2) is 9.18 Å². The van der Waals surface area contributed by atoms with Crippen molar-refractivity contribution in [3.8, 4) is 0 Å². The van der Waals surface area contributed by atoms with Gasteiger partial charge >= 0.3 is 16.2 Å². The average Bonchev–Trinajstić information content (AvgIpc) is 2.39. The summed E-state index contributed by atoms with van der Waals surface area (Å²) < 4.78 is 40.9. The first-order valence-electron chi connectivity index (χ1n) is 6.21. The van der Waals surface area contributed by atoms with Gasteiger partial charge in [-0.1, -0.05) is 6.42 Å². The molecule has 0 amide bonds. The molecule has 2 N–H and O–H groups in total.